The number of rotatable bonds is 3. The molecule has 0 aliphatic carbocycles. The number of anilines is 1. The third-order valence-electron chi connectivity index (χ3n) is 3.76. The zero-order valence-corrected chi connectivity index (χ0v) is 11.7. The van der Waals surface area contributed by atoms with E-state index in [0.717, 1.165) is 30.0 Å². The summed E-state index contributed by atoms with van der Waals surface area (Å²) in [6, 6.07) is 8.19. The van der Waals surface area contributed by atoms with Crippen LogP contribution in [0.2, 0.25) is 0 Å². The number of ether oxygens (including phenoxy) is 1. The number of nitrogens with one attached hydrogen (secondary N) is 1. The van der Waals surface area contributed by atoms with Crippen LogP contribution in [-0.2, 0) is 6.42 Å². The van der Waals surface area contributed by atoms with Gasteiger partial charge in [-0.3, -0.25) is 0 Å². The number of imidazole rings is 1. The number of benzene rings is 1. The normalized spacial score (nSPS) is 16.7. The minimum absolute atomic E-state index is 0.139. The Hall–Kier alpha value is -2.63. The Morgan fingerprint density at radius 2 is 2.19 bits per heavy atom. The lowest BCUT2D eigenvalue weighted by Crippen LogP contribution is -2.32. The van der Waals surface area contributed by atoms with Gasteiger partial charge in [0.2, 0.25) is 0 Å². The van der Waals surface area contributed by atoms with E-state index in [1.807, 2.05) is 25.2 Å². The van der Waals surface area contributed by atoms with Crippen molar-refractivity contribution in [2.75, 3.05) is 18.5 Å². The summed E-state index contributed by atoms with van der Waals surface area (Å²) < 4.78 is 5.98. The molecule has 3 heterocycles. The van der Waals surface area contributed by atoms with Crippen molar-refractivity contribution in [3.8, 4) is 5.75 Å². The average molecular weight is 281 g/mol. The summed E-state index contributed by atoms with van der Waals surface area (Å²) in [5.41, 5.74) is 2.81. The molecule has 0 amide bonds. The number of para-hydroxylation sites is 1. The van der Waals surface area contributed by atoms with Crippen LogP contribution in [0.4, 0.5) is 5.82 Å². The minimum Gasteiger partial charge on any atom is -0.488 e. The summed E-state index contributed by atoms with van der Waals surface area (Å²) in [6.07, 6.45) is 4.25. The summed E-state index contributed by atoms with van der Waals surface area (Å²) in [5.74, 6) is 1.84. The zero-order valence-electron chi connectivity index (χ0n) is 11.7. The highest BCUT2D eigenvalue weighted by atomic mass is 16.5. The van der Waals surface area contributed by atoms with Crippen molar-refractivity contribution in [2.24, 2.45) is 0 Å². The van der Waals surface area contributed by atoms with E-state index in [1.165, 1.54) is 5.56 Å². The first-order valence-electron chi connectivity index (χ1n) is 6.91. The van der Waals surface area contributed by atoms with Gasteiger partial charge in [-0.15, -0.1) is 0 Å². The van der Waals surface area contributed by atoms with Crippen LogP contribution in [0.5, 0.6) is 5.75 Å². The van der Waals surface area contributed by atoms with Crippen LogP contribution in [0.1, 0.15) is 5.56 Å². The molecule has 1 atom stereocenters. The Labute approximate surface area is 121 Å². The molecule has 0 unspecified atom stereocenters. The third-order valence-corrected chi connectivity index (χ3v) is 3.76. The van der Waals surface area contributed by atoms with Crippen LogP contribution in [0, 0.1) is 0 Å². The molecule has 0 saturated heterocycles. The maximum absolute atomic E-state index is 5.98. The van der Waals surface area contributed by atoms with Crippen molar-refractivity contribution >= 4 is 17.0 Å². The second kappa shape index (κ2) is 4.73. The smallest absolute Gasteiger partial charge is 0.182 e. The molecule has 4 rings (SSSR count). The molecule has 1 N–H and O–H groups in total. The Bertz CT molecular complexity index is 759. The number of aromatic amines is 1. The van der Waals surface area contributed by atoms with Crippen molar-refractivity contribution in [2.45, 2.75) is 12.5 Å². The van der Waals surface area contributed by atoms with Gasteiger partial charge in [0.05, 0.1) is 12.9 Å². The lowest BCUT2D eigenvalue weighted by atomic mass is 10.1. The summed E-state index contributed by atoms with van der Waals surface area (Å²) in [6.45, 7) is 0.764. The molecule has 1 aliphatic heterocycles. The first kappa shape index (κ1) is 12.1. The maximum Gasteiger partial charge on any atom is 0.182 e. The molecule has 3 aromatic rings. The fourth-order valence-corrected chi connectivity index (χ4v) is 2.79. The van der Waals surface area contributed by atoms with Crippen LogP contribution >= 0.6 is 0 Å². The standard InChI is InChI=1S/C15H15N5O/c1-20(15-13-14(17-8-16-13)18-9-19-15)7-11-6-10-4-2-3-5-12(10)21-11/h2-5,8-9,11H,6-7H2,1H3,(H,16,17,18,19)/t11-/m1/s1. The lowest BCUT2D eigenvalue weighted by Gasteiger charge is -2.22. The third kappa shape index (κ3) is 2.08. The van der Waals surface area contributed by atoms with Crippen LogP contribution in [0.15, 0.2) is 36.9 Å². The van der Waals surface area contributed by atoms with Gasteiger partial charge in [0.15, 0.2) is 11.5 Å². The number of hydrogen-bond acceptors (Lipinski definition) is 5. The number of H-pyrrole nitrogens is 1. The molecule has 0 saturated carbocycles. The average Bonchev–Trinajstić information content (AvgIpc) is 3.12. The Morgan fingerprint density at radius 1 is 1.29 bits per heavy atom. The first-order chi connectivity index (χ1) is 10.3. The molecule has 0 fully saturated rings. The van der Waals surface area contributed by atoms with Crippen LogP contribution in [0.3, 0.4) is 0 Å². The van der Waals surface area contributed by atoms with Crippen molar-refractivity contribution in [1.29, 1.82) is 0 Å². The quantitative estimate of drug-likeness (QED) is 0.793. The topological polar surface area (TPSA) is 66.9 Å². The molecule has 6 heteroatoms. The van der Waals surface area contributed by atoms with Gasteiger partial charge < -0.3 is 14.6 Å². The van der Waals surface area contributed by atoms with E-state index in [1.54, 1.807) is 12.7 Å². The Kier molecular flexibility index (Phi) is 2.73. The minimum atomic E-state index is 0.139. The molecule has 0 bridgehead atoms. The fourth-order valence-electron chi connectivity index (χ4n) is 2.79. The molecule has 1 aromatic carbocycles. The highest BCUT2D eigenvalue weighted by molar-refractivity contribution is 5.82. The van der Waals surface area contributed by atoms with E-state index < -0.39 is 0 Å². The Morgan fingerprint density at radius 3 is 3.10 bits per heavy atom. The van der Waals surface area contributed by atoms with Gasteiger partial charge in [-0.1, -0.05) is 18.2 Å². The summed E-state index contributed by atoms with van der Waals surface area (Å²) >= 11 is 0. The van der Waals surface area contributed by atoms with Gasteiger partial charge in [-0.2, -0.15) is 0 Å². The predicted octanol–water partition coefficient (Wildman–Crippen LogP) is 1.79. The highest BCUT2D eigenvalue weighted by Gasteiger charge is 2.24. The molecule has 106 valence electrons. The van der Waals surface area contributed by atoms with E-state index in [0.29, 0.717) is 5.65 Å². The monoisotopic (exact) mass is 281 g/mol. The number of hydrogen-bond donors (Lipinski definition) is 1. The number of nitrogens with zero attached hydrogens (tertiary/aromatic N) is 4. The van der Waals surface area contributed by atoms with E-state index >= 15 is 0 Å². The number of fused-ring (bicyclic) bond motifs is 2. The van der Waals surface area contributed by atoms with E-state index in [-0.39, 0.29) is 6.10 Å². The van der Waals surface area contributed by atoms with Crippen LogP contribution in [-0.4, -0.2) is 39.6 Å². The van der Waals surface area contributed by atoms with Gasteiger partial charge in [0, 0.05) is 13.5 Å². The van der Waals surface area contributed by atoms with Gasteiger partial charge in [0.25, 0.3) is 0 Å². The summed E-state index contributed by atoms with van der Waals surface area (Å²) in [4.78, 5) is 17.8. The fraction of sp³-hybridized carbons (Fsp3) is 0.267. The molecular weight excluding hydrogens is 266 g/mol. The summed E-state index contributed by atoms with van der Waals surface area (Å²) in [7, 11) is 2.01. The molecular formula is C15H15N5O. The summed E-state index contributed by atoms with van der Waals surface area (Å²) in [5, 5.41) is 0. The number of aromatic nitrogens is 4. The number of likely N-dealkylation sites (N-methyl/N-ethyl adjacent to an activating group) is 1. The second-order valence-corrected chi connectivity index (χ2v) is 5.23. The van der Waals surface area contributed by atoms with Gasteiger partial charge in [0.1, 0.15) is 23.7 Å². The van der Waals surface area contributed by atoms with E-state index in [4.69, 9.17) is 4.74 Å². The van der Waals surface area contributed by atoms with Gasteiger partial charge >= 0.3 is 0 Å². The highest BCUT2D eigenvalue weighted by Crippen LogP contribution is 2.29. The predicted molar refractivity (Wildman–Crippen MR) is 79.5 cm³/mol. The largest absolute Gasteiger partial charge is 0.488 e. The molecule has 1 aliphatic rings. The van der Waals surface area contributed by atoms with E-state index in [2.05, 4.69) is 30.9 Å². The van der Waals surface area contributed by atoms with Crippen LogP contribution < -0.4 is 9.64 Å². The molecule has 2 aromatic heterocycles. The molecule has 21 heavy (non-hydrogen) atoms. The van der Waals surface area contributed by atoms with Crippen molar-refractivity contribution < 1.29 is 4.74 Å². The molecule has 0 spiro atoms. The SMILES string of the molecule is CN(C[C@H]1Cc2ccccc2O1)c1ncnc2nc[nH]c12. The van der Waals surface area contributed by atoms with Crippen molar-refractivity contribution in [1.82, 2.24) is 19.9 Å². The first-order valence-corrected chi connectivity index (χ1v) is 6.91. The second-order valence-electron chi connectivity index (χ2n) is 5.23. The lowest BCUT2D eigenvalue weighted by molar-refractivity contribution is 0.239. The van der Waals surface area contributed by atoms with Gasteiger partial charge in [-0.25, -0.2) is 15.0 Å². The van der Waals surface area contributed by atoms with Crippen LogP contribution in [0.25, 0.3) is 11.2 Å². The molecule has 0 radical (unpaired) electrons. The van der Waals surface area contributed by atoms with Crippen molar-refractivity contribution in [3.63, 3.8) is 0 Å². The molecule has 6 nitrogen and oxygen atoms in total. The van der Waals surface area contributed by atoms with Gasteiger partial charge in [-0.05, 0) is 11.6 Å². The van der Waals surface area contributed by atoms with Crippen molar-refractivity contribution in [3.05, 3.63) is 42.5 Å². The Balaban J connectivity index is 1.55. The maximum atomic E-state index is 5.98. The zero-order chi connectivity index (χ0) is 14.2. The van der Waals surface area contributed by atoms with E-state index in [9.17, 15) is 0 Å².